The SMILES string of the molecule is COc1c(NC(=O)c2ccc(C)c(-n3cc(C4=[N+](C)C(S(=O)(=O)c5ccccc5)N=C4)nn3)c2)cc(C(C)(C)C)cc1NS(C)(=O)=O. The lowest BCUT2D eigenvalue weighted by atomic mass is 9.86. The lowest BCUT2D eigenvalue weighted by Crippen LogP contribution is -2.30. The molecule has 47 heavy (non-hydrogen) atoms. The van der Waals surface area contributed by atoms with Crippen LogP contribution in [0.2, 0.25) is 0 Å². The Morgan fingerprint density at radius 3 is 2.32 bits per heavy atom. The highest BCUT2D eigenvalue weighted by Gasteiger charge is 2.40. The van der Waals surface area contributed by atoms with Gasteiger partial charge in [0.2, 0.25) is 15.7 Å². The van der Waals surface area contributed by atoms with Gasteiger partial charge in [0, 0.05) is 5.56 Å². The molecule has 1 unspecified atom stereocenters. The first kappa shape index (κ1) is 33.5. The van der Waals surface area contributed by atoms with Crippen molar-refractivity contribution in [3.8, 4) is 11.4 Å². The van der Waals surface area contributed by atoms with Crippen LogP contribution in [-0.4, -0.2) is 80.1 Å². The largest absolute Gasteiger partial charge is 0.492 e. The van der Waals surface area contributed by atoms with Crippen molar-refractivity contribution in [2.45, 2.75) is 43.5 Å². The van der Waals surface area contributed by atoms with Crippen molar-refractivity contribution in [2.24, 2.45) is 4.99 Å². The Hall–Kier alpha value is -4.89. The van der Waals surface area contributed by atoms with Crippen molar-refractivity contribution in [3.63, 3.8) is 0 Å². The fourth-order valence-electron chi connectivity index (χ4n) is 5.05. The highest BCUT2D eigenvalue weighted by atomic mass is 32.2. The molecule has 246 valence electrons. The third-order valence-electron chi connectivity index (χ3n) is 7.56. The quantitative estimate of drug-likeness (QED) is 0.253. The second-order valence-corrected chi connectivity index (χ2v) is 15.9. The molecule has 0 bridgehead atoms. The molecule has 13 nitrogen and oxygen atoms in total. The molecule has 0 fully saturated rings. The number of amides is 1. The van der Waals surface area contributed by atoms with E-state index in [-0.39, 0.29) is 21.7 Å². The van der Waals surface area contributed by atoms with E-state index >= 15 is 0 Å². The summed E-state index contributed by atoms with van der Waals surface area (Å²) in [4.78, 5) is 18.0. The molecular weight excluding hydrogens is 643 g/mol. The molecule has 5 rings (SSSR count). The maximum absolute atomic E-state index is 13.6. The molecule has 1 aliphatic rings. The molecule has 0 saturated carbocycles. The summed E-state index contributed by atoms with van der Waals surface area (Å²) in [5.74, 6) is -0.302. The van der Waals surface area contributed by atoms with Crippen LogP contribution in [0.25, 0.3) is 5.69 Å². The van der Waals surface area contributed by atoms with Crippen LogP contribution in [0.15, 0.2) is 76.7 Å². The highest BCUT2D eigenvalue weighted by Crippen LogP contribution is 2.39. The molecule has 1 aliphatic heterocycles. The second kappa shape index (κ2) is 12.4. The van der Waals surface area contributed by atoms with Crippen molar-refractivity contribution < 1.29 is 30.9 Å². The van der Waals surface area contributed by atoms with E-state index in [0.717, 1.165) is 17.4 Å². The minimum absolute atomic E-state index is 0.162. The van der Waals surface area contributed by atoms with Gasteiger partial charge in [-0.1, -0.05) is 50.3 Å². The first-order valence-electron chi connectivity index (χ1n) is 14.5. The van der Waals surface area contributed by atoms with Crippen LogP contribution in [0.4, 0.5) is 11.4 Å². The topological polar surface area (TPSA) is 165 Å². The maximum Gasteiger partial charge on any atom is 0.353 e. The number of carbonyl (C=O) groups excluding carboxylic acids is 1. The predicted octanol–water partition coefficient (Wildman–Crippen LogP) is 3.78. The van der Waals surface area contributed by atoms with Crippen LogP contribution < -0.4 is 14.8 Å². The Balaban J connectivity index is 1.46. The molecule has 4 aromatic rings. The van der Waals surface area contributed by atoms with E-state index < -0.39 is 31.3 Å². The Labute approximate surface area is 274 Å². The van der Waals surface area contributed by atoms with Gasteiger partial charge in [0.05, 0.1) is 41.5 Å². The zero-order valence-corrected chi connectivity index (χ0v) is 28.6. The third-order valence-corrected chi connectivity index (χ3v) is 10.1. The van der Waals surface area contributed by atoms with Gasteiger partial charge >= 0.3 is 5.50 Å². The number of sulfonamides is 1. The number of anilines is 2. The summed E-state index contributed by atoms with van der Waals surface area (Å²) in [5, 5.41) is 11.4. The number of aromatic nitrogens is 3. The Bertz CT molecular complexity index is 2150. The van der Waals surface area contributed by atoms with Crippen LogP contribution in [0, 0.1) is 6.92 Å². The lowest BCUT2D eigenvalue weighted by molar-refractivity contribution is -0.506. The summed E-state index contributed by atoms with van der Waals surface area (Å²) in [5.41, 5.74) is 2.27. The zero-order valence-electron chi connectivity index (χ0n) is 27.0. The normalized spacial score (nSPS) is 15.2. The molecule has 15 heteroatoms. The minimum Gasteiger partial charge on any atom is -0.492 e. The summed E-state index contributed by atoms with van der Waals surface area (Å²) in [6.07, 6.45) is 4.14. The van der Waals surface area contributed by atoms with Gasteiger partial charge in [0.15, 0.2) is 11.4 Å². The number of hydrogen-bond donors (Lipinski definition) is 2. The molecule has 2 heterocycles. The smallest absolute Gasteiger partial charge is 0.353 e. The van der Waals surface area contributed by atoms with Crippen LogP contribution in [-0.2, 0) is 25.3 Å². The van der Waals surface area contributed by atoms with Gasteiger partial charge in [-0.25, -0.2) is 26.5 Å². The van der Waals surface area contributed by atoms with Gasteiger partial charge in [0.1, 0.15) is 13.3 Å². The molecule has 1 amide bonds. The summed E-state index contributed by atoms with van der Waals surface area (Å²) >= 11 is 0. The van der Waals surface area contributed by atoms with Gasteiger partial charge in [-0.05, 0) is 59.9 Å². The van der Waals surface area contributed by atoms with E-state index in [4.69, 9.17) is 4.74 Å². The van der Waals surface area contributed by atoms with Gasteiger partial charge in [0.25, 0.3) is 15.7 Å². The number of sulfone groups is 1. The van der Waals surface area contributed by atoms with E-state index in [1.54, 1.807) is 61.8 Å². The van der Waals surface area contributed by atoms with Crippen molar-refractivity contribution in [3.05, 3.63) is 89.2 Å². The van der Waals surface area contributed by atoms with Crippen LogP contribution in [0.3, 0.4) is 0 Å². The number of aryl methyl sites for hydroxylation is 1. The number of methoxy groups -OCH3 is 1. The fraction of sp³-hybridized carbons (Fsp3) is 0.281. The fourth-order valence-corrected chi connectivity index (χ4v) is 7.13. The predicted molar refractivity (Wildman–Crippen MR) is 180 cm³/mol. The van der Waals surface area contributed by atoms with Gasteiger partial charge in [-0.2, -0.15) is 4.58 Å². The van der Waals surface area contributed by atoms with Crippen molar-refractivity contribution >= 4 is 49.1 Å². The number of nitrogens with one attached hydrogen (secondary N) is 2. The number of rotatable bonds is 9. The molecular formula is C32H36N7O6S2+. The van der Waals surface area contributed by atoms with Crippen LogP contribution in [0.5, 0.6) is 5.75 Å². The van der Waals surface area contributed by atoms with E-state index in [2.05, 4.69) is 25.3 Å². The monoisotopic (exact) mass is 678 g/mol. The molecule has 2 N–H and O–H groups in total. The number of hydrogen-bond acceptors (Lipinski definition) is 9. The minimum atomic E-state index is -3.78. The Morgan fingerprint density at radius 2 is 1.68 bits per heavy atom. The second-order valence-electron chi connectivity index (χ2n) is 12.2. The number of carbonyl (C=O) groups is 1. The van der Waals surface area contributed by atoms with E-state index in [1.165, 1.54) is 34.7 Å². The van der Waals surface area contributed by atoms with E-state index in [9.17, 15) is 21.6 Å². The molecule has 1 atom stereocenters. The summed E-state index contributed by atoms with van der Waals surface area (Å²) in [7, 11) is -4.41. The summed E-state index contributed by atoms with van der Waals surface area (Å²) in [6, 6.07) is 16.6. The highest BCUT2D eigenvalue weighted by molar-refractivity contribution is 7.92. The number of ether oxygens (including phenoxy) is 1. The molecule has 0 saturated heterocycles. The lowest BCUT2D eigenvalue weighted by Gasteiger charge is -2.24. The first-order chi connectivity index (χ1) is 22.0. The van der Waals surface area contributed by atoms with Crippen LogP contribution in [0.1, 0.15) is 48.0 Å². The number of benzene rings is 3. The van der Waals surface area contributed by atoms with Crippen molar-refractivity contribution in [2.75, 3.05) is 30.5 Å². The Kier molecular flexibility index (Phi) is 8.81. The third kappa shape index (κ3) is 6.95. The summed E-state index contributed by atoms with van der Waals surface area (Å²) < 4.78 is 61.7. The molecule has 3 aromatic carbocycles. The van der Waals surface area contributed by atoms with Gasteiger partial charge in [-0.3, -0.25) is 9.52 Å². The molecule has 0 radical (unpaired) electrons. The average molecular weight is 679 g/mol. The van der Waals surface area contributed by atoms with Crippen molar-refractivity contribution in [1.29, 1.82) is 0 Å². The average Bonchev–Trinajstić information content (AvgIpc) is 3.63. The standard InChI is InChI=1S/C32H35N7O6S2/c1-20-13-14-21(30(40)34-24-16-22(32(2,3)4)17-25(29(24)45-6)36-46(7,41)42)15-27(20)39-19-26(35-37-39)28-18-33-31(38(28)5)47(43,44)23-11-9-8-10-12-23/h8-19,31,36H,1-7H3/p+1. The maximum atomic E-state index is 13.6. The zero-order chi connectivity index (χ0) is 34.3. The van der Waals surface area contributed by atoms with E-state index in [1.807, 2.05) is 27.7 Å². The van der Waals surface area contributed by atoms with Crippen molar-refractivity contribution in [1.82, 2.24) is 15.0 Å². The summed E-state index contributed by atoms with van der Waals surface area (Å²) in [6.45, 7) is 7.77. The molecule has 0 spiro atoms. The molecule has 0 aliphatic carbocycles. The molecule has 1 aromatic heterocycles. The van der Waals surface area contributed by atoms with Gasteiger partial charge < -0.3 is 10.1 Å². The number of nitrogens with zero attached hydrogens (tertiary/aromatic N) is 5. The van der Waals surface area contributed by atoms with Crippen LogP contribution >= 0.6 is 0 Å². The first-order valence-corrected chi connectivity index (χ1v) is 17.9. The van der Waals surface area contributed by atoms with Gasteiger partial charge in [-0.15, -0.1) is 5.10 Å². The van der Waals surface area contributed by atoms with E-state index in [0.29, 0.717) is 28.3 Å². The number of aliphatic imine (C=N–C) groups is 1. The Morgan fingerprint density at radius 1 is 1.00 bits per heavy atom.